The van der Waals surface area contributed by atoms with Gasteiger partial charge < -0.3 is 19.5 Å². The van der Waals surface area contributed by atoms with Crippen molar-refractivity contribution in [3.8, 4) is 17.6 Å². The van der Waals surface area contributed by atoms with E-state index in [9.17, 15) is 14.0 Å². The summed E-state index contributed by atoms with van der Waals surface area (Å²) in [5, 5.41) is 17.6. The van der Waals surface area contributed by atoms with E-state index in [1.165, 1.54) is 25.3 Å². The van der Waals surface area contributed by atoms with E-state index in [1.54, 1.807) is 0 Å². The minimum atomic E-state index is -2.40. The normalized spacial score (nSPS) is 20.0. The zero-order valence-corrected chi connectivity index (χ0v) is 12.4. The van der Waals surface area contributed by atoms with Gasteiger partial charge in [-0.15, -0.1) is 0 Å². The fourth-order valence-electron chi connectivity index (χ4n) is 2.25. The van der Waals surface area contributed by atoms with Crippen molar-refractivity contribution >= 4 is 11.9 Å². The van der Waals surface area contributed by atoms with Crippen molar-refractivity contribution in [3.63, 3.8) is 0 Å². The second kappa shape index (κ2) is 6.52. The highest BCUT2D eigenvalue weighted by Crippen LogP contribution is 2.29. The summed E-state index contributed by atoms with van der Waals surface area (Å²) < 4.78 is 24.3. The lowest BCUT2D eigenvalue weighted by Crippen LogP contribution is -2.40. The molecule has 2 rings (SSSR count). The number of ether oxygens (including phenoxy) is 2. The Morgan fingerprint density at radius 2 is 2.22 bits per heavy atom. The van der Waals surface area contributed by atoms with Crippen molar-refractivity contribution in [2.24, 2.45) is 0 Å². The predicted molar refractivity (Wildman–Crippen MR) is 75.9 cm³/mol. The van der Waals surface area contributed by atoms with Gasteiger partial charge in [0.25, 0.3) is 5.91 Å². The van der Waals surface area contributed by atoms with Crippen molar-refractivity contribution < 1.29 is 28.6 Å². The third kappa shape index (κ3) is 3.51. The summed E-state index contributed by atoms with van der Waals surface area (Å²) in [4.78, 5) is 23.9. The Kier molecular flexibility index (Phi) is 4.69. The summed E-state index contributed by atoms with van der Waals surface area (Å²) in [6, 6.07) is 6.42. The number of methoxy groups -OCH3 is 1. The van der Waals surface area contributed by atoms with Crippen LogP contribution < -0.4 is 9.47 Å². The van der Waals surface area contributed by atoms with Gasteiger partial charge in [0.1, 0.15) is 0 Å². The summed E-state index contributed by atoms with van der Waals surface area (Å²) in [5.41, 5.74) is -2.02. The van der Waals surface area contributed by atoms with E-state index in [0.29, 0.717) is 11.3 Å². The number of rotatable bonds is 5. The van der Waals surface area contributed by atoms with Crippen molar-refractivity contribution in [2.45, 2.75) is 12.1 Å². The Morgan fingerprint density at radius 3 is 2.78 bits per heavy atom. The summed E-state index contributed by atoms with van der Waals surface area (Å²) in [6.07, 6.45) is -0.242. The molecular formula is C15H15FN2O5. The Hall–Kier alpha value is -2.82. The average molecular weight is 322 g/mol. The van der Waals surface area contributed by atoms with E-state index in [4.69, 9.17) is 19.8 Å². The van der Waals surface area contributed by atoms with Crippen molar-refractivity contribution in [2.75, 3.05) is 26.8 Å². The third-order valence-corrected chi connectivity index (χ3v) is 3.60. The first kappa shape index (κ1) is 16.5. The zero-order valence-electron chi connectivity index (χ0n) is 12.4. The monoisotopic (exact) mass is 322 g/mol. The van der Waals surface area contributed by atoms with Gasteiger partial charge in [0, 0.05) is 19.0 Å². The molecule has 0 aliphatic carbocycles. The number of carboxylic acids is 1. The maximum Gasteiger partial charge on any atom is 0.343 e. The van der Waals surface area contributed by atoms with Gasteiger partial charge in [0.15, 0.2) is 18.1 Å². The quantitative estimate of drug-likeness (QED) is 0.867. The number of carbonyl (C=O) groups is 2. The Balaban J connectivity index is 1.98. The molecule has 7 nitrogen and oxygen atoms in total. The van der Waals surface area contributed by atoms with Gasteiger partial charge in [-0.05, 0) is 12.1 Å². The minimum absolute atomic E-state index is 0.0233. The third-order valence-electron chi connectivity index (χ3n) is 3.60. The molecule has 1 fully saturated rings. The molecule has 1 amide bonds. The molecule has 1 aliphatic heterocycles. The number of likely N-dealkylation sites (tertiary alicyclic amines) is 1. The summed E-state index contributed by atoms with van der Waals surface area (Å²) in [5.74, 6) is -1.52. The maximum atomic E-state index is 13.9. The lowest BCUT2D eigenvalue weighted by atomic mass is 10.1. The SMILES string of the molecule is COc1cc(C#N)ccc1OCC(=O)N1CCC(F)(C(=O)O)C1. The van der Waals surface area contributed by atoms with E-state index >= 15 is 0 Å². The van der Waals surface area contributed by atoms with Gasteiger partial charge in [0.2, 0.25) is 5.67 Å². The molecule has 0 saturated carbocycles. The Morgan fingerprint density at radius 1 is 1.48 bits per heavy atom. The lowest BCUT2D eigenvalue weighted by Gasteiger charge is -2.18. The first-order valence-electron chi connectivity index (χ1n) is 6.80. The van der Waals surface area contributed by atoms with Crippen LogP contribution in [0.25, 0.3) is 0 Å². The Bertz CT molecular complexity index is 672. The molecule has 23 heavy (non-hydrogen) atoms. The standard InChI is InChI=1S/C15H15FN2O5/c1-22-12-6-10(7-17)2-3-11(12)23-8-13(19)18-5-4-15(16,9-18)14(20)21/h2-3,6H,4-5,8-9H2,1H3,(H,20,21). The zero-order chi connectivity index (χ0) is 17.0. The molecule has 8 heteroatoms. The molecule has 0 radical (unpaired) electrons. The molecule has 1 heterocycles. The molecule has 0 spiro atoms. The number of nitrogens with zero attached hydrogens (tertiary/aromatic N) is 2. The van der Waals surface area contributed by atoms with Crippen LogP contribution in [0.15, 0.2) is 18.2 Å². The molecule has 1 unspecified atom stereocenters. The summed E-state index contributed by atoms with van der Waals surface area (Å²) >= 11 is 0. The van der Waals surface area contributed by atoms with Crippen LogP contribution in [-0.2, 0) is 9.59 Å². The smallest absolute Gasteiger partial charge is 0.343 e. The van der Waals surface area contributed by atoms with Gasteiger partial charge >= 0.3 is 5.97 Å². The van der Waals surface area contributed by atoms with Crippen LogP contribution in [0.1, 0.15) is 12.0 Å². The van der Waals surface area contributed by atoms with E-state index in [0.717, 1.165) is 4.90 Å². The topological polar surface area (TPSA) is 99.9 Å². The number of carbonyl (C=O) groups excluding carboxylic acids is 1. The van der Waals surface area contributed by atoms with Crippen LogP contribution in [0.5, 0.6) is 11.5 Å². The first-order valence-corrected chi connectivity index (χ1v) is 6.80. The van der Waals surface area contributed by atoms with E-state index in [-0.39, 0.29) is 25.3 Å². The van der Waals surface area contributed by atoms with Crippen LogP contribution in [0.2, 0.25) is 0 Å². The first-order chi connectivity index (χ1) is 10.9. The van der Waals surface area contributed by atoms with Gasteiger partial charge in [-0.2, -0.15) is 5.26 Å². The number of hydrogen-bond donors (Lipinski definition) is 1. The van der Waals surface area contributed by atoms with E-state index in [1.807, 2.05) is 6.07 Å². The second-order valence-electron chi connectivity index (χ2n) is 5.10. The van der Waals surface area contributed by atoms with Gasteiger partial charge in [-0.25, -0.2) is 9.18 Å². The molecule has 1 aromatic rings. The van der Waals surface area contributed by atoms with Crippen molar-refractivity contribution in [1.82, 2.24) is 4.90 Å². The van der Waals surface area contributed by atoms with Crippen LogP contribution >= 0.6 is 0 Å². The Labute approximate surface area is 131 Å². The minimum Gasteiger partial charge on any atom is -0.493 e. The molecule has 1 atom stereocenters. The lowest BCUT2D eigenvalue weighted by molar-refractivity contribution is -0.150. The number of amides is 1. The fraction of sp³-hybridized carbons (Fsp3) is 0.400. The predicted octanol–water partition coefficient (Wildman–Crippen LogP) is 0.971. The molecule has 122 valence electrons. The largest absolute Gasteiger partial charge is 0.493 e. The van der Waals surface area contributed by atoms with Gasteiger partial charge in [-0.3, -0.25) is 4.79 Å². The molecule has 1 aromatic carbocycles. The molecular weight excluding hydrogens is 307 g/mol. The number of nitriles is 1. The van der Waals surface area contributed by atoms with Gasteiger partial charge in [-0.1, -0.05) is 0 Å². The van der Waals surface area contributed by atoms with E-state index in [2.05, 4.69) is 0 Å². The maximum absolute atomic E-state index is 13.9. The van der Waals surface area contributed by atoms with Crippen molar-refractivity contribution in [1.29, 1.82) is 5.26 Å². The van der Waals surface area contributed by atoms with Crippen molar-refractivity contribution in [3.05, 3.63) is 23.8 Å². The van der Waals surface area contributed by atoms with E-state index < -0.39 is 24.1 Å². The van der Waals surface area contributed by atoms with Crippen LogP contribution in [0.3, 0.4) is 0 Å². The summed E-state index contributed by atoms with van der Waals surface area (Å²) in [6.45, 7) is -0.845. The molecule has 1 saturated heterocycles. The number of benzene rings is 1. The van der Waals surface area contributed by atoms with Crippen LogP contribution in [0, 0.1) is 11.3 Å². The number of halogens is 1. The average Bonchev–Trinajstić information content (AvgIpc) is 2.96. The second-order valence-corrected chi connectivity index (χ2v) is 5.10. The van der Waals surface area contributed by atoms with Gasteiger partial charge in [0.05, 0.1) is 25.3 Å². The highest BCUT2D eigenvalue weighted by molar-refractivity contribution is 5.83. The highest BCUT2D eigenvalue weighted by atomic mass is 19.1. The number of carboxylic acid groups (broad SMARTS) is 1. The summed E-state index contributed by atoms with van der Waals surface area (Å²) in [7, 11) is 1.40. The molecule has 0 aromatic heterocycles. The number of hydrogen-bond acceptors (Lipinski definition) is 5. The van der Waals surface area contributed by atoms with Crippen LogP contribution in [0.4, 0.5) is 4.39 Å². The number of aliphatic carboxylic acids is 1. The molecule has 1 N–H and O–H groups in total. The molecule has 1 aliphatic rings. The number of alkyl halides is 1. The molecule has 0 bridgehead atoms. The highest BCUT2D eigenvalue weighted by Gasteiger charge is 2.46. The fourth-order valence-corrected chi connectivity index (χ4v) is 2.25. The van der Waals surface area contributed by atoms with Crippen LogP contribution in [-0.4, -0.2) is 54.4 Å².